The third kappa shape index (κ3) is 2.08. The lowest BCUT2D eigenvalue weighted by atomic mass is 10.2. The molecule has 2 unspecified atom stereocenters. The van der Waals surface area contributed by atoms with Gasteiger partial charge in [0.15, 0.2) is 0 Å². The quantitative estimate of drug-likeness (QED) is 0.514. The molecule has 2 atom stereocenters. The molecule has 0 bridgehead atoms. The van der Waals surface area contributed by atoms with Crippen LogP contribution in [0.4, 0.5) is 0 Å². The van der Waals surface area contributed by atoms with Crippen molar-refractivity contribution in [2.45, 2.75) is 32.5 Å². The van der Waals surface area contributed by atoms with Crippen molar-refractivity contribution in [3.63, 3.8) is 0 Å². The first-order valence-electron chi connectivity index (χ1n) is 3.44. The lowest BCUT2D eigenvalue weighted by molar-refractivity contribution is 0.0514. The predicted octanol–water partition coefficient (Wildman–Crippen LogP) is 2.02. The monoisotopic (exact) mass is 164 g/mol. The molecule has 0 aromatic carbocycles. The fraction of sp³-hybridized carbons (Fsp3) is 1.00. The fourth-order valence-corrected chi connectivity index (χ4v) is 2.76. The van der Waals surface area contributed by atoms with Crippen molar-refractivity contribution < 1.29 is 13.6 Å². The third-order valence-corrected chi connectivity index (χ3v) is 2.89. The van der Waals surface area contributed by atoms with E-state index in [0.29, 0.717) is 0 Å². The second-order valence-corrected chi connectivity index (χ2v) is 4.80. The minimum absolute atomic E-state index is 0.0691. The van der Waals surface area contributed by atoms with Crippen molar-refractivity contribution in [1.82, 2.24) is 0 Å². The zero-order chi connectivity index (χ0) is 7.78. The first-order valence-corrected chi connectivity index (χ1v) is 5.43. The summed E-state index contributed by atoms with van der Waals surface area (Å²) in [5.41, 5.74) is 0. The zero-order valence-corrected chi connectivity index (χ0v) is 7.43. The number of hydrogen-bond donors (Lipinski definition) is 0. The third-order valence-electron chi connectivity index (χ3n) is 1.41. The van der Waals surface area contributed by atoms with Gasteiger partial charge in [-0.25, -0.2) is 0 Å². The van der Waals surface area contributed by atoms with Crippen LogP contribution < -0.4 is 0 Å². The molecule has 1 aliphatic heterocycles. The van der Waals surface area contributed by atoms with Gasteiger partial charge in [0.1, 0.15) is 0 Å². The molecule has 1 heterocycles. The van der Waals surface area contributed by atoms with E-state index in [-0.39, 0.29) is 12.2 Å². The SMILES string of the molecule is CC1CC(C)OP(C)(=O)O1. The lowest BCUT2D eigenvalue weighted by Gasteiger charge is -2.29. The van der Waals surface area contributed by atoms with Gasteiger partial charge in [-0.3, -0.25) is 4.57 Å². The maximum Gasteiger partial charge on any atom is 0.328 e. The van der Waals surface area contributed by atoms with Gasteiger partial charge in [0.2, 0.25) is 0 Å². The Hall–Kier alpha value is 0.150. The van der Waals surface area contributed by atoms with E-state index in [0.717, 1.165) is 6.42 Å². The standard InChI is InChI=1S/C6H13O3P/c1-5-4-6(2)9-10(3,7)8-5/h5-6H,4H2,1-3H3. The van der Waals surface area contributed by atoms with Crippen molar-refractivity contribution in [3.8, 4) is 0 Å². The summed E-state index contributed by atoms with van der Waals surface area (Å²) in [5, 5.41) is 0. The van der Waals surface area contributed by atoms with E-state index in [2.05, 4.69) is 0 Å². The molecule has 60 valence electrons. The van der Waals surface area contributed by atoms with Crippen LogP contribution in [-0.2, 0) is 13.6 Å². The predicted molar refractivity (Wildman–Crippen MR) is 39.2 cm³/mol. The Balaban J connectivity index is 2.60. The summed E-state index contributed by atoms with van der Waals surface area (Å²) in [6.07, 6.45) is 0.969. The van der Waals surface area contributed by atoms with Crippen molar-refractivity contribution in [1.29, 1.82) is 0 Å². The summed E-state index contributed by atoms with van der Waals surface area (Å²) in [5.74, 6) is 0. The molecule has 0 N–H and O–H groups in total. The first kappa shape index (κ1) is 8.25. The molecule has 1 aliphatic rings. The smallest absolute Gasteiger partial charge is 0.306 e. The van der Waals surface area contributed by atoms with Crippen molar-refractivity contribution in [2.75, 3.05) is 6.66 Å². The summed E-state index contributed by atoms with van der Waals surface area (Å²) in [6, 6.07) is 0. The van der Waals surface area contributed by atoms with Gasteiger partial charge >= 0.3 is 7.60 Å². The van der Waals surface area contributed by atoms with Crippen LogP contribution in [0.5, 0.6) is 0 Å². The van der Waals surface area contributed by atoms with Crippen LogP contribution in [0.3, 0.4) is 0 Å². The molecule has 0 spiro atoms. The Labute approximate surface area is 61.2 Å². The Bertz CT molecular complexity index is 154. The highest BCUT2D eigenvalue weighted by Gasteiger charge is 2.30. The summed E-state index contributed by atoms with van der Waals surface area (Å²) >= 11 is 0. The summed E-state index contributed by atoms with van der Waals surface area (Å²) < 4.78 is 21.4. The topological polar surface area (TPSA) is 35.5 Å². The molecule has 3 nitrogen and oxygen atoms in total. The van der Waals surface area contributed by atoms with Crippen LogP contribution in [0.25, 0.3) is 0 Å². The Morgan fingerprint density at radius 3 is 2.00 bits per heavy atom. The van der Waals surface area contributed by atoms with Gasteiger partial charge in [0, 0.05) is 13.1 Å². The molecule has 0 aromatic heterocycles. The molecular weight excluding hydrogens is 151 g/mol. The van der Waals surface area contributed by atoms with Crippen molar-refractivity contribution in [2.24, 2.45) is 0 Å². The largest absolute Gasteiger partial charge is 0.328 e. The second-order valence-electron chi connectivity index (χ2n) is 2.84. The van der Waals surface area contributed by atoms with E-state index in [1.807, 2.05) is 13.8 Å². The zero-order valence-electron chi connectivity index (χ0n) is 6.53. The van der Waals surface area contributed by atoms with E-state index in [1.54, 1.807) is 0 Å². The van der Waals surface area contributed by atoms with Crippen LogP contribution in [0.15, 0.2) is 0 Å². The average molecular weight is 164 g/mol. The molecule has 0 saturated carbocycles. The highest BCUT2D eigenvalue weighted by atomic mass is 31.2. The number of rotatable bonds is 0. The summed E-state index contributed by atoms with van der Waals surface area (Å²) in [7, 11) is -2.70. The van der Waals surface area contributed by atoms with Gasteiger partial charge in [-0.2, -0.15) is 0 Å². The van der Waals surface area contributed by atoms with E-state index < -0.39 is 7.60 Å². The van der Waals surface area contributed by atoms with E-state index in [4.69, 9.17) is 9.05 Å². The molecule has 1 rings (SSSR count). The van der Waals surface area contributed by atoms with Crippen LogP contribution in [0, 0.1) is 0 Å². The van der Waals surface area contributed by atoms with Gasteiger partial charge in [0.25, 0.3) is 0 Å². The van der Waals surface area contributed by atoms with E-state index in [9.17, 15) is 4.57 Å². The van der Waals surface area contributed by atoms with Crippen molar-refractivity contribution in [3.05, 3.63) is 0 Å². The van der Waals surface area contributed by atoms with Gasteiger partial charge in [-0.05, 0) is 13.8 Å². The van der Waals surface area contributed by atoms with Gasteiger partial charge in [-0.15, -0.1) is 0 Å². The van der Waals surface area contributed by atoms with Crippen molar-refractivity contribution >= 4 is 7.60 Å². The van der Waals surface area contributed by atoms with E-state index in [1.165, 1.54) is 6.66 Å². The summed E-state index contributed by atoms with van der Waals surface area (Å²) in [6.45, 7) is 5.34. The number of hydrogen-bond acceptors (Lipinski definition) is 3. The molecule has 1 saturated heterocycles. The van der Waals surface area contributed by atoms with E-state index >= 15 is 0 Å². The molecule has 0 aliphatic carbocycles. The molecule has 10 heavy (non-hydrogen) atoms. The average Bonchev–Trinajstić information content (AvgIpc) is 1.54. The lowest BCUT2D eigenvalue weighted by Crippen LogP contribution is -2.23. The molecule has 0 amide bonds. The van der Waals surface area contributed by atoms with Gasteiger partial charge < -0.3 is 9.05 Å². The van der Waals surface area contributed by atoms with Crippen LogP contribution >= 0.6 is 7.60 Å². The van der Waals surface area contributed by atoms with Gasteiger partial charge in [0.05, 0.1) is 12.2 Å². The molecular formula is C6H13O3P. The fourth-order valence-electron chi connectivity index (χ4n) is 1.23. The Morgan fingerprint density at radius 2 is 1.70 bits per heavy atom. The maximum atomic E-state index is 11.2. The molecule has 1 fully saturated rings. The maximum absolute atomic E-state index is 11.2. The molecule has 0 radical (unpaired) electrons. The van der Waals surface area contributed by atoms with Crippen LogP contribution in [0.2, 0.25) is 0 Å². The highest BCUT2D eigenvalue weighted by molar-refractivity contribution is 7.53. The first-order chi connectivity index (χ1) is 4.49. The van der Waals surface area contributed by atoms with Crippen LogP contribution in [-0.4, -0.2) is 18.9 Å². The Morgan fingerprint density at radius 1 is 1.30 bits per heavy atom. The minimum atomic E-state index is -2.70. The molecule has 4 heteroatoms. The van der Waals surface area contributed by atoms with Crippen LogP contribution in [0.1, 0.15) is 20.3 Å². The second kappa shape index (κ2) is 2.65. The molecule has 0 aromatic rings. The highest BCUT2D eigenvalue weighted by Crippen LogP contribution is 2.50. The summed E-state index contributed by atoms with van der Waals surface area (Å²) in [4.78, 5) is 0. The minimum Gasteiger partial charge on any atom is -0.306 e. The Kier molecular flexibility index (Phi) is 2.18. The van der Waals surface area contributed by atoms with Gasteiger partial charge in [-0.1, -0.05) is 0 Å². The normalized spacial score (nSPS) is 49.1.